The van der Waals surface area contributed by atoms with Crippen LogP contribution < -0.4 is 4.74 Å². The van der Waals surface area contributed by atoms with Crippen molar-refractivity contribution in [2.45, 2.75) is 80.1 Å². The van der Waals surface area contributed by atoms with Gasteiger partial charge in [-0.25, -0.2) is 0 Å². The van der Waals surface area contributed by atoms with E-state index < -0.39 is 0 Å². The molecule has 372 valence electrons. The predicted octanol–water partition coefficient (Wildman–Crippen LogP) is 18.6. The lowest BCUT2D eigenvalue weighted by molar-refractivity contribution is 0.103. The Morgan fingerprint density at radius 3 is 1.38 bits per heavy atom. The Morgan fingerprint density at radius 1 is 0.541 bits per heavy atom. The van der Waals surface area contributed by atoms with Gasteiger partial charge in [0, 0.05) is 73.0 Å². The highest BCUT2D eigenvalue weighted by Crippen LogP contribution is 2.63. The third-order valence-electron chi connectivity index (χ3n) is 13.1. The van der Waals surface area contributed by atoms with Gasteiger partial charge in [0.2, 0.25) is 0 Å². The van der Waals surface area contributed by atoms with Crippen molar-refractivity contribution in [3.8, 4) is 59.3 Å². The number of ether oxygens (including phenoxy) is 1. The van der Waals surface area contributed by atoms with Gasteiger partial charge in [0.15, 0.2) is 11.6 Å². The zero-order valence-electron chi connectivity index (χ0n) is 41.6. The summed E-state index contributed by atoms with van der Waals surface area (Å²) in [5.74, 6) is 1.28. The number of benzene rings is 2. The third kappa shape index (κ3) is 9.46. The lowest BCUT2D eigenvalue weighted by atomic mass is 9.68. The maximum Gasteiger partial charge on any atom is 0.194 e. The summed E-state index contributed by atoms with van der Waals surface area (Å²) in [6.45, 7) is 18.2. The number of carbonyl (C=O) groups excluding carboxylic acids is 2. The molecule has 0 saturated carbocycles. The monoisotopic (exact) mass is 1130 g/mol. The molecule has 9 rings (SSSR count). The van der Waals surface area contributed by atoms with Gasteiger partial charge in [-0.05, 0) is 131 Å². The Hall–Kier alpha value is -5.54. The molecule has 0 radical (unpaired) electrons. The Morgan fingerprint density at radius 2 is 0.959 bits per heavy atom. The molecule has 3 aliphatic carbocycles. The van der Waals surface area contributed by atoms with Crippen LogP contribution >= 0.6 is 91.8 Å². The van der Waals surface area contributed by atoms with E-state index in [2.05, 4.69) is 73.6 Å². The molecular weight excluding hydrogens is 1080 g/mol. The number of rotatable bonds is 13. The van der Waals surface area contributed by atoms with Crippen LogP contribution in [-0.2, 0) is 11.8 Å². The van der Waals surface area contributed by atoms with Gasteiger partial charge in [-0.1, -0.05) is 102 Å². The molecule has 0 saturated heterocycles. The second-order valence-corrected chi connectivity index (χ2v) is 26.4. The normalized spacial score (nSPS) is 15.3. The van der Waals surface area contributed by atoms with Gasteiger partial charge in [-0.3, -0.25) is 9.59 Å². The molecule has 0 fully saturated rings. The van der Waals surface area contributed by atoms with E-state index in [4.69, 9.17) is 51.1 Å². The Bertz CT molecular complexity index is 3670. The Balaban J connectivity index is 1.20. The van der Waals surface area contributed by atoms with Crippen molar-refractivity contribution >= 4 is 127 Å². The molecule has 3 aliphatic rings. The van der Waals surface area contributed by atoms with Gasteiger partial charge in [0.25, 0.3) is 0 Å². The molecule has 74 heavy (non-hydrogen) atoms. The van der Waals surface area contributed by atoms with Crippen molar-refractivity contribution in [1.29, 1.82) is 21.0 Å². The highest BCUT2D eigenvalue weighted by Gasteiger charge is 2.47. The number of allylic oxidation sites excluding steroid dienone is 6. The van der Waals surface area contributed by atoms with E-state index >= 15 is 0 Å². The second kappa shape index (κ2) is 20.9. The minimum atomic E-state index is -0.354. The predicted molar refractivity (Wildman–Crippen MR) is 307 cm³/mol. The number of nitrogens with zero attached hydrogens (tertiary/aromatic N) is 4. The summed E-state index contributed by atoms with van der Waals surface area (Å²) in [7, 11) is 0. The quantitative estimate of drug-likeness (QED) is 0.0829. The van der Waals surface area contributed by atoms with Crippen LogP contribution in [0.4, 0.5) is 0 Å². The van der Waals surface area contributed by atoms with Crippen LogP contribution in [0.2, 0.25) is 20.1 Å². The fourth-order valence-corrected chi connectivity index (χ4v) is 16.3. The van der Waals surface area contributed by atoms with Crippen LogP contribution in [0.25, 0.3) is 52.6 Å². The van der Waals surface area contributed by atoms with Crippen LogP contribution in [0.1, 0.15) is 127 Å². The van der Waals surface area contributed by atoms with Crippen molar-refractivity contribution in [3.63, 3.8) is 0 Å². The number of Topliss-reactive ketones (excluding diaryl/α,β-unsaturated/α-hetero) is 2. The van der Waals surface area contributed by atoms with E-state index in [1.165, 1.54) is 44.4 Å². The topological polar surface area (TPSA) is 139 Å². The average Bonchev–Trinajstić information content (AvgIpc) is 4.21. The zero-order chi connectivity index (χ0) is 53.2. The first-order valence-corrected chi connectivity index (χ1v) is 28.8. The molecule has 0 bridgehead atoms. The molecule has 0 unspecified atom stereocenters. The second-order valence-electron chi connectivity index (χ2n) is 20.5. The molecule has 15 heteroatoms. The van der Waals surface area contributed by atoms with Crippen LogP contribution in [0.5, 0.6) is 5.75 Å². The number of thiophene rings is 4. The molecule has 2 aromatic carbocycles. The molecule has 0 amide bonds. The number of fused-ring (bicyclic) bond motifs is 5. The largest absolute Gasteiger partial charge is 0.492 e. The van der Waals surface area contributed by atoms with Crippen LogP contribution in [0, 0.1) is 69.0 Å². The summed E-state index contributed by atoms with van der Waals surface area (Å²) in [6, 6.07) is 22.9. The van der Waals surface area contributed by atoms with Crippen molar-refractivity contribution in [3.05, 3.63) is 140 Å². The van der Waals surface area contributed by atoms with Crippen LogP contribution in [0.15, 0.2) is 70.8 Å². The summed E-state index contributed by atoms with van der Waals surface area (Å²) in [5, 5.41) is 41.2. The molecule has 0 spiro atoms. The summed E-state index contributed by atoms with van der Waals surface area (Å²) < 4.78 is 6.59. The zero-order valence-corrected chi connectivity index (χ0v) is 47.9. The summed E-state index contributed by atoms with van der Waals surface area (Å²) in [4.78, 5) is 36.5. The van der Waals surface area contributed by atoms with Gasteiger partial charge in [0.05, 0.1) is 31.6 Å². The number of ketones is 2. The molecule has 7 nitrogen and oxygen atoms in total. The minimum absolute atomic E-state index is 0.176. The van der Waals surface area contributed by atoms with E-state index in [1.807, 2.05) is 30.3 Å². The average molecular weight is 1130 g/mol. The molecule has 0 aliphatic heterocycles. The van der Waals surface area contributed by atoms with Gasteiger partial charge in [-0.15, -0.1) is 45.3 Å². The third-order valence-corrected chi connectivity index (χ3v) is 19.5. The summed E-state index contributed by atoms with van der Waals surface area (Å²) in [5.41, 5.74) is 5.42. The Kier molecular flexibility index (Phi) is 15.0. The number of nitriles is 4. The van der Waals surface area contributed by atoms with E-state index in [0.29, 0.717) is 46.8 Å². The van der Waals surface area contributed by atoms with Crippen molar-refractivity contribution < 1.29 is 14.3 Å². The van der Waals surface area contributed by atoms with E-state index in [9.17, 15) is 30.6 Å². The van der Waals surface area contributed by atoms with E-state index in [0.717, 1.165) is 54.1 Å². The highest BCUT2D eigenvalue weighted by molar-refractivity contribution is 7.29. The molecule has 6 aromatic rings. The van der Waals surface area contributed by atoms with Crippen LogP contribution in [-0.4, -0.2) is 18.2 Å². The smallest absolute Gasteiger partial charge is 0.194 e. The van der Waals surface area contributed by atoms with Gasteiger partial charge in [0.1, 0.15) is 41.2 Å². The standard InChI is InChI=1S/C59H46Cl4N4O3S4/c1-27(2)9-31-10-34(11-40-51(32(22-64)23-65)36-14-44(60)46(62)16-38(36)53(40)68)71-55(31)49-18-42-56(73-49)57-43(59(42,20-28(3)4)21-29(5)6)19-50(74-57)58-48(70-26-30(7)8)13-35(72-58)12-41-52(33(24-66)25-67)37-15-45(61)47(63)17-39(37)54(41)69/h10-19,27-30H,9,20-21,26H2,1-8H3/b40-11-,41-12-. The van der Waals surface area contributed by atoms with Crippen molar-refractivity contribution in [2.24, 2.45) is 23.7 Å². The number of carbonyl (C=O) groups is 2. The van der Waals surface area contributed by atoms with Gasteiger partial charge >= 0.3 is 0 Å². The summed E-state index contributed by atoms with van der Waals surface area (Å²) in [6.07, 6.45) is 6.19. The number of halogens is 4. The maximum atomic E-state index is 14.1. The number of hydrogen-bond acceptors (Lipinski definition) is 11. The first kappa shape index (κ1) is 53.3. The fourth-order valence-electron chi connectivity index (χ4n) is 10.5. The summed E-state index contributed by atoms with van der Waals surface area (Å²) >= 11 is 32.3. The molecule has 4 aromatic heterocycles. The SMILES string of the molecule is CC(C)COc1cc(/C=C2\C(=O)c3cc(Cl)c(Cl)cc3C2=C(C#N)C#N)sc1-c1cc2c(s1)-c1sc(-c3sc(/C=C4\C(=O)c5cc(Cl)c(Cl)cc5C4=C(C#N)C#N)cc3CC(C)C)cc1C2(CC(C)C)CC(C)C. The van der Waals surface area contributed by atoms with Crippen molar-refractivity contribution in [2.75, 3.05) is 6.61 Å². The molecular formula is C59H46Cl4N4O3S4. The van der Waals surface area contributed by atoms with E-state index in [1.54, 1.807) is 58.3 Å². The Labute approximate surface area is 467 Å². The fraction of sp³-hybridized carbons (Fsp3) is 0.288. The molecule has 0 N–H and O–H groups in total. The van der Waals surface area contributed by atoms with E-state index in [-0.39, 0.29) is 82.0 Å². The lowest BCUT2D eigenvalue weighted by Crippen LogP contribution is -2.28. The first-order valence-electron chi connectivity index (χ1n) is 24.0. The first-order chi connectivity index (χ1) is 35.2. The van der Waals surface area contributed by atoms with Crippen LogP contribution in [0.3, 0.4) is 0 Å². The van der Waals surface area contributed by atoms with Gasteiger partial charge < -0.3 is 4.74 Å². The van der Waals surface area contributed by atoms with Crippen molar-refractivity contribution in [1.82, 2.24) is 0 Å². The number of hydrogen-bond donors (Lipinski definition) is 0. The minimum Gasteiger partial charge on any atom is -0.492 e. The lowest BCUT2D eigenvalue weighted by Gasteiger charge is -2.34. The molecule has 0 atom stereocenters. The molecule has 4 heterocycles. The van der Waals surface area contributed by atoms with Gasteiger partial charge in [-0.2, -0.15) is 21.0 Å². The maximum absolute atomic E-state index is 14.1. The highest BCUT2D eigenvalue weighted by atomic mass is 35.5.